The lowest BCUT2D eigenvalue weighted by molar-refractivity contribution is 0.393. The van der Waals surface area contributed by atoms with E-state index in [0.717, 1.165) is 17.0 Å². The van der Waals surface area contributed by atoms with Gasteiger partial charge < -0.3 is 19.8 Å². The molecule has 126 valence electrons. The van der Waals surface area contributed by atoms with Crippen LogP contribution in [0.2, 0.25) is 0 Å². The van der Waals surface area contributed by atoms with Crippen molar-refractivity contribution in [2.45, 2.75) is 17.8 Å². The first kappa shape index (κ1) is 16.2. The molecule has 9 heteroatoms. The van der Waals surface area contributed by atoms with Crippen LogP contribution in [0.3, 0.4) is 0 Å². The molecule has 0 aliphatic carbocycles. The number of ether oxygens (including phenoxy) is 2. The SMILES string of the molecule is COc1ccc(-c2nnc(SCc3cc(C)on3)n2N)c(OC)c1. The van der Waals surface area contributed by atoms with Crippen molar-refractivity contribution in [2.24, 2.45) is 0 Å². The van der Waals surface area contributed by atoms with Gasteiger partial charge in [0.15, 0.2) is 5.82 Å². The van der Waals surface area contributed by atoms with E-state index < -0.39 is 0 Å². The van der Waals surface area contributed by atoms with Gasteiger partial charge in [-0.25, -0.2) is 4.68 Å². The van der Waals surface area contributed by atoms with Crippen LogP contribution in [0.5, 0.6) is 11.5 Å². The predicted molar refractivity (Wildman–Crippen MR) is 89.5 cm³/mol. The molecule has 0 fully saturated rings. The molecular formula is C15H17N5O3S. The highest BCUT2D eigenvalue weighted by molar-refractivity contribution is 7.98. The maximum atomic E-state index is 6.14. The second-order valence-electron chi connectivity index (χ2n) is 4.96. The Kier molecular flexibility index (Phi) is 4.61. The minimum absolute atomic E-state index is 0.508. The zero-order valence-corrected chi connectivity index (χ0v) is 14.3. The van der Waals surface area contributed by atoms with E-state index in [1.165, 1.54) is 16.4 Å². The highest BCUT2D eigenvalue weighted by atomic mass is 32.2. The van der Waals surface area contributed by atoms with E-state index in [4.69, 9.17) is 19.8 Å². The maximum Gasteiger partial charge on any atom is 0.210 e. The average Bonchev–Trinajstić information content (AvgIpc) is 3.18. The largest absolute Gasteiger partial charge is 0.497 e. The van der Waals surface area contributed by atoms with Crippen LogP contribution < -0.4 is 15.3 Å². The van der Waals surface area contributed by atoms with Crippen LogP contribution >= 0.6 is 11.8 Å². The van der Waals surface area contributed by atoms with Gasteiger partial charge in [-0.15, -0.1) is 10.2 Å². The summed E-state index contributed by atoms with van der Waals surface area (Å²) < 4.78 is 17.1. The first-order chi connectivity index (χ1) is 11.6. The molecular weight excluding hydrogens is 330 g/mol. The Balaban J connectivity index is 1.84. The minimum atomic E-state index is 0.508. The fourth-order valence-electron chi connectivity index (χ4n) is 2.17. The van der Waals surface area contributed by atoms with Gasteiger partial charge in [0.05, 0.1) is 25.5 Å². The Hall–Kier alpha value is -2.68. The average molecular weight is 347 g/mol. The van der Waals surface area contributed by atoms with E-state index in [0.29, 0.717) is 28.2 Å². The van der Waals surface area contributed by atoms with Crippen molar-refractivity contribution in [1.29, 1.82) is 0 Å². The summed E-state index contributed by atoms with van der Waals surface area (Å²) in [6, 6.07) is 7.30. The van der Waals surface area contributed by atoms with Gasteiger partial charge >= 0.3 is 0 Å². The number of hydrogen-bond donors (Lipinski definition) is 1. The third-order valence-corrected chi connectivity index (χ3v) is 4.32. The third-order valence-electron chi connectivity index (χ3n) is 3.34. The van der Waals surface area contributed by atoms with Crippen LogP contribution in [0.4, 0.5) is 0 Å². The third kappa shape index (κ3) is 3.16. The Bertz CT molecular complexity index is 846. The molecule has 2 heterocycles. The highest BCUT2D eigenvalue weighted by Crippen LogP contribution is 2.33. The molecule has 0 atom stereocenters. The van der Waals surface area contributed by atoms with Gasteiger partial charge in [-0.3, -0.25) is 0 Å². The van der Waals surface area contributed by atoms with Crippen molar-refractivity contribution in [3.05, 3.63) is 35.7 Å². The molecule has 0 unspecified atom stereocenters. The van der Waals surface area contributed by atoms with Crippen molar-refractivity contribution in [3.63, 3.8) is 0 Å². The van der Waals surface area contributed by atoms with Gasteiger partial charge in [0.25, 0.3) is 0 Å². The predicted octanol–water partition coefficient (Wildman–Crippen LogP) is 2.26. The zero-order valence-electron chi connectivity index (χ0n) is 13.5. The summed E-state index contributed by atoms with van der Waals surface area (Å²) in [5.41, 5.74) is 1.56. The van der Waals surface area contributed by atoms with Gasteiger partial charge in [-0.2, -0.15) is 0 Å². The van der Waals surface area contributed by atoms with Crippen molar-refractivity contribution in [3.8, 4) is 22.9 Å². The van der Waals surface area contributed by atoms with Gasteiger partial charge in [0.2, 0.25) is 5.16 Å². The second kappa shape index (κ2) is 6.83. The number of hydrogen-bond acceptors (Lipinski definition) is 8. The molecule has 0 bridgehead atoms. The molecule has 1 aromatic carbocycles. The molecule has 8 nitrogen and oxygen atoms in total. The number of benzene rings is 1. The number of nitrogens with two attached hydrogens (primary N) is 1. The molecule has 2 N–H and O–H groups in total. The first-order valence-corrected chi connectivity index (χ1v) is 8.09. The standard InChI is InChI=1S/C15H17N5O3S/c1-9-6-10(19-23-9)8-24-15-18-17-14(20(15)16)12-5-4-11(21-2)7-13(12)22-3/h4-7H,8,16H2,1-3H3. The van der Waals surface area contributed by atoms with Crippen LogP contribution in [-0.2, 0) is 5.75 Å². The summed E-state index contributed by atoms with van der Waals surface area (Å²) in [5, 5.41) is 12.8. The summed E-state index contributed by atoms with van der Waals surface area (Å²) in [6.07, 6.45) is 0. The van der Waals surface area contributed by atoms with Gasteiger partial charge in [-0.05, 0) is 19.1 Å². The van der Waals surface area contributed by atoms with E-state index >= 15 is 0 Å². The lowest BCUT2D eigenvalue weighted by Crippen LogP contribution is -2.12. The molecule has 3 rings (SSSR count). The number of aromatic nitrogens is 4. The summed E-state index contributed by atoms with van der Waals surface area (Å²) >= 11 is 1.43. The lowest BCUT2D eigenvalue weighted by atomic mass is 10.2. The van der Waals surface area contributed by atoms with Crippen LogP contribution in [0.15, 0.2) is 33.9 Å². The topological polar surface area (TPSA) is 101 Å². The molecule has 0 aliphatic rings. The molecule has 0 saturated heterocycles. The lowest BCUT2D eigenvalue weighted by Gasteiger charge is -2.09. The fraction of sp³-hybridized carbons (Fsp3) is 0.267. The van der Waals surface area contributed by atoms with Crippen LogP contribution in [0.1, 0.15) is 11.5 Å². The van der Waals surface area contributed by atoms with Crippen LogP contribution in [0.25, 0.3) is 11.4 Å². The van der Waals surface area contributed by atoms with Crippen molar-refractivity contribution in [1.82, 2.24) is 20.0 Å². The van der Waals surface area contributed by atoms with Crippen molar-refractivity contribution in [2.75, 3.05) is 20.1 Å². The Morgan fingerprint density at radius 3 is 2.71 bits per heavy atom. The number of nitrogens with zero attached hydrogens (tertiary/aromatic N) is 4. The van der Waals surface area contributed by atoms with Crippen LogP contribution in [0, 0.1) is 6.92 Å². The summed E-state index contributed by atoms with van der Waals surface area (Å²) in [5.74, 6) is 9.30. The first-order valence-electron chi connectivity index (χ1n) is 7.10. The second-order valence-corrected chi connectivity index (χ2v) is 5.90. The van der Waals surface area contributed by atoms with Gasteiger partial charge in [0.1, 0.15) is 17.3 Å². The number of rotatable bonds is 6. The molecule has 0 aliphatic heterocycles. The van der Waals surface area contributed by atoms with Crippen LogP contribution in [-0.4, -0.2) is 34.2 Å². The number of thioether (sulfide) groups is 1. The van der Waals surface area contributed by atoms with Crippen molar-refractivity contribution < 1.29 is 14.0 Å². The Morgan fingerprint density at radius 2 is 2.04 bits per heavy atom. The molecule has 0 spiro atoms. The number of methoxy groups -OCH3 is 2. The quantitative estimate of drug-likeness (QED) is 0.535. The number of nitrogen functional groups attached to an aromatic ring is 1. The maximum absolute atomic E-state index is 6.14. The monoisotopic (exact) mass is 347 g/mol. The molecule has 0 amide bonds. The Labute approximate surface area is 142 Å². The zero-order chi connectivity index (χ0) is 17.1. The van der Waals surface area contributed by atoms with Gasteiger partial charge in [-0.1, -0.05) is 16.9 Å². The highest BCUT2D eigenvalue weighted by Gasteiger charge is 2.17. The van der Waals surface area contributed by atoms with E-state index in [1.54, 1.807) is 20.3 Å². The molecule has 0 radical (unpaired) electrons. The summed E-state index contributed by atoms with van der Waals surface area (Å²) in [4.78, 5) is 0. The van der Waals surface area contributed by atoms with E-state index in [1.807, 2.05) is 25.1 Å². The molecule has 2 aromatic heterocycles. The summed E-state index contributed by atoms with van der Waals surface area (Å²) in [6.45, 7) is 1.85. The van der Waals surface area contributed by atoms with E-state index in [9.17, 15) is 0 Å². The fourth-order valence-corrected chi connectivity index (χ4v) is 2.90. The van der Waals surface area contributed by atoms with E-state index in [-0.39, 0.29) is 0 Å². The molecule has 0 saturated carbocycles. The van der Waals surface area contributed by atoms with Crippen molar-refractivity contribution >= 4 is 11.8 Å². The van der Waals surface area contributed by atoms with Gasteiger partial charge in [0, 0.05) is 17.9 Å². The normalized spacial score (nSPS) is 10.8. The summed E-state index contributed by atoms with van der Waals surface area (Å²) in [7, 11) is 3.18. The smallest absolute Gasteiger partial charge is 0.210 e. The molecule has 3 aromatic rings. The Morgan fingerprint density at radius 1 is 1.21 bits per heavy atom. The molecule has 24 heavy (non-hydrogen) atoms. The van der Waals surface area contributed by atoms with E-state index in [2.05, 4.69) is 15.4 Å². The number of aryl methyl sites for hydroxylation is 1. The minimum Gasteiger partial charge on any atom is -0.497 e.